The highest BCUT2D eigenvalue weighted by atomic mass is 79.9. The fraction of sp³-hybridized carbons (Fsp3) is 0.238. The van der Waals surface area contributed by atoms with Crippen molar-refractivity contribution in [3.8, 4) is 5.75 Å². The second kappa shape index (κ2) is 8.96. The van der Waals surface area contributed by atoms with Gasteiger partial charge in [0.15, 0.2) is 11.6 Å². The standard InChI is InChI=1S/C21H20BrF3N2O3S/c1-3-7-21(8-9-21)31(28,29)27-19-17(30-10-4-2)12-15(24)18(25)20(19)26-16-6-5-13(22)11-14(16)23/h3-6,11-12,26-27H,1-2,7-10H2. The molecule has 2 N–H and O–H groups in total. The Bertz CT molecular complexity index is 1140. The van der Waals surface area contributed by atoms with Gasteiger partial charge in [0, 0.05) is 10.5 Å². The molecule has 1 aliphatic carbocycles. The lowest BCUT2D eigenvalue weighted by Crippen LogP contribution is -2.30. The van der Waals surface area contributed by atoms with Crippen LogP contribution in [0.2, 0.25) is 0 Å². The average molecular weight is 517 g/mol. The van der Waals surface area contributed by atoms with E-state index in [4.69, 9.17) is 4.74 Å². The number of halogens is 4. The predicted molar refractivity (Wildman–Crippen MR) is 119 cm³/mol. The van der Waals surface area contributed by atoms with Crippen molar-refractivity contribution in [2.24, 2.45) is 0 Å². The van der Waals surface area contributed by atoms with Crippen LogP contribution in [0.5, 0.6) is 5.75 Å². The molecule has 1 fully saturated rings. The smallest absolute Gasteiger partial charge is 0.238 e. The minimum Gasteiger partial charge on any atom is -0.487 e. The molecule has 31 heavy (non-hydrogen) atoms. The van der Waals surface area contributed by atoms with Gasteiger partial charge in [-0.25, -0.2) is 21.6 Å². The second-order valence-corrected chi connectivity index (χ2v) is 10.0. The van der Waals surface area contributed by atoms with E-state index in [1.54, 1.807) is 0 Å². The fourth-order valence-corrected chi connectivity index (χ4v) is 5.04. The maximum atomic E-state index is 14.8. The van der Waals surface area contributed by atoms with E-state index in [9.17, 15) is 21.6 Å². The van der Waals surface area contributed by atoms with Gasteiger partial charge in [0.25, 0.3) is 0 Å². The largest absolute Gasteiger partial charge is 0.487 e. The summed E-state index contributed by atoms with van der Waals surface area (Å²) in [4.78, 5) is 0. The molecule has 2 aromatic carbocycles. The first-order chi connectivity index (χ1) is 14.6. The van der Waals surface area contributed by atoms with E-state index < -0.39 is 37.9 Å². The predicted octanol–water partition coefficient (Wildman–Crippen LogP) is 6.03. The minimum atomic E-state index is -4.03. The van der Waals surface area contributed by atoms with E-state index in [0.29, 0.717) is 17.3 Å². The third-order valence-electron chi connectivity index (χ3n) is 4.86. The Labute approximate surface area is 187 Å². The van der Waals surface area contributed by atoms with Gasteiger partial charge in [0.2, 0.25) is 10.0 Å². The second-order valence-electron chi connectivity index (χ2n) is 7.05. The lowest BCUT2D eigenvalue weighted by Gasteiger charge is -2.22. The molecule has 5 nitrogen and oxygen atoms in total. The molecule has 166 valence electrons. The van der Waals surface area contributed by atoms with Gasteiger partial charge in [0.1, 0.15) is 29.5 Å². The quantitative estimate of drug-likeness (QED) is 0.378. The Morgan fingerprint density at radius 3 is 2.39 bits per heavy atom. The number of hydrogen-bond acceptors (Lipinski definition) is 4. The van der Waals surface area contributed by atoms with Gasteiger partial charge < -0.3 is 10.1 Å². The lowest BCUT2D eigenvalue weighted by atomic mass is 10.2. The first kappa shape index (κ1) is 23.2. The van der Waals surface area contributed by atoms with E-state index in [2.05, 4.69) is 39.1 Å². The summed E-state index contributed by atoms with van der Waals surface area (Å²) in [6.07, 6.45) is 3.83. The van der Waals surface area contributed by atoms with Crippen molar-refractivity contribution in [1.82, 2.24) is 0 Å². The van der Waals surface area contributed by atoms with Crippen LogP contribution in [0.1, 0.15) is 19.3 Å². The molecule has 0 amide bonds. The highest BCUT2D eigenvalue weighted by Gasteiger charge is 2.54. The molecular formula is C21H20BrF3N2O3S. The zero-order chi connectivity index (χ0) is 22.8. The van der Waals surface area contributed by atoms with E-state index in [0.717, 1.165) is 12.1 Å². The zero-order valence-electron chi connectivity index (χ0n) is 16.4. The molecule has 1 saturated carbocycles. The van der Waals surface area contributed by atoms with Crippen molar-refractivity contribution >= 4 is 43.0 Å². The molecule has 0 spiro atoms. The number of nitrogens with one attached hydrogen (secondary N) is 2. The first-order valence-electron chi connectivity index (χ1n) is 9.25. The third-order valence-corrected chi connectivity index (χ3v) is 7.54. The number of allylic oxidation sites excluding steroid dienone is 1. The van der Waals surface area contributed by atoms with E-state index in [1.807, 2.05) is 0 Å². The van der Waals surface area contributed by atoms with Crippen molar-refractivity contribution < 1.29 is 26.3 Å². The van der Waals surface area contributed by atoms with Crippen LogP contribution in [0.4, 0.5) is 30.2 Å². The summed E-state index contributed by atoms with van der Waals surface area (Å²) >= 11 is 3.11. The van der Waals surface area contributed by atoms with E-state index in [-0.39, 0.29) is 30.2 Å². The van der Waals surface area contributed by atoms with Gasteiger partial charge in [-0.15, -0.1) is 6.58 Å². The van der Waals surface area contributed by atoms with Crippen LogP contribution in [0.3, 0.4) is 0 Å². The van der Waals surface area contributed by atoms with Crippen molar-refractivity contribution in [3.05, 3.63) is 71.5 Å². The van der Waals surface area contributed by atoms with Crippen LogP contribution in [0, 0.1) is 17.5 Å². The number of anilines is 3. The van der Waals surface area contributed by atoms with Crippen molar-refractivity contribution in [1.29, 1.82) is 0 Å². The molecule has 2 aromatic rings. The molecule has 0 aliphatic heterocycles. The number of benzene rings is 2. The zero-order valence-corrected chi connectivity index (χ0v) is 18.8. The van der Waals surface area contributed by atoms with Crippen LogP contribution >= 0.6 is 15.9 Å². The molecule has 0 saturated heterocycles. The Kier molecular flexibility index (Phi) is 6.70. The van der Waals surface area contributed by atoms with E-state index >= 15 is 0 Å². The van der Waals surface area contributed by atoms with Crippen LogP contribution in [0.25, 0.3) is 0 Å². The summed E-state index contributed by atoms with van der Waals surface area (Å²) in [5.74, 6) is -3.71. The van der Waals surface area contributed by atoms with Gasteiger partial charge in [0.05, 0.1) is 10.4 Å². The summed E-state index contributed by atoms with van der Waals surface area (Å²) in [5, 5.41) is 2.46. The highest BCUT2D eigenvalue weighted by Crippen LogP contribution is 2.49. The molecule has 0 radical (unpaired) electrons. The maximum Gasteiger partial charge on any atom is 0.238 e. The Balaban J connectivity index is 2.13. The molecule has 0 bridgehead atoms. The van der Waals surface area contributed by atoms with Gasteiger partial charge >= 0.3 is 0 Å². The number of sulfonamides is 1. The molecule has 0 heterocycles. The van der Waals surface area contributed by atoms with Crippen molar-refractivity contribution in [3.63, 3.8) is 0 Å². The molecule has 0 aromatic heterocycles. The first-order valence-corrected chi connectivity index (χ1v) is 11.5. The Morgan fingerprint density at radius 2 is 1.81 bits per heavy atom. The highest BCUT2D eigenvalue weighted by molar-refractivity contribution is 9.10. The SMILES string of the molecule is C=CCOc1cc(F)c(F)c(Nc2ccc(Br)cc2F)c1NS(=O)(=O)C1(CC=C)CC1. The average Bonchev–Trinajstić information content (AvgIpc) is 3.49. The molecule has 0 atom stereocenters. The Hall–Kier alpha value is -2.46. The molecule has 10 heteroatoms. The third kappa shape index (κ3) is 4.74. The Morgan fingerprint density at radius 1 is 1.10 bits per heavy atom. The molecule has 0 unspecified atom stereocenters. The summed E-state index contributed by atoms with van der Waals surface area (Å²) in [7, 11) is -4.03. The maximum absolute atomic E-state index is 14.8. The monoisotopic (exact) mass is 516 g/mol. The van der Waals surface area contributed by atoms with Crippen LogP contribution < -0.4 is 14.8 Å². The van der Waals surface area contributed by atoms with Crippen molar-refractivity contribution in [2.75, 3.05) is 16.6 Å². The number of hydrogen-bond donors (Lipinski definition) is 2. The minimum absolute atomic E-state index is 0.0936. The number of ether oxygens (including phenoxy) is 1. The number of rotatable bonds is 10. The summed E-state index contributed by atoms with van der Waals surface area (Å²) < 4.78 is 76.6. The van der Waals surface area contributed by atoms with E-state index in [1.165, 1.54) is 24.3 Å². The molecule has 3 rings (SSSR count). The summed E-state index contributed by atoms with van der Waals surface area (Å²) in [5.41, 5.74) is -1.15. The van der Waals surface area contributed by atoms with Gasteiger partial charge in [-0.1, -0.05) is 34.7 Å². The molecular weight excluding hydrogens is 497 g/mol. The molecule has 1 aliphatic rings. The summed E-state index contributed by atoms with van der Waals surface area (Å²) in [6.45, 7) is 6.98. The van der Waals surface area contributed by atoms with Gasteiger partial charge in [-0.3, -0.25) is 4.72 Å². The normalized spacial score (nSPS) is 14.6. The topological polar surface area (TPSA) is 67.4 Å². The lowest BCUT2D eigenvalue weighted by molar-refractivity contribution is 0.361. The summed E-state index contributed by atoms with van der Waals surface area (Å²) in [6, 6.07) is 4.64. The fourth-order valence-electron chi connectivity index (χ4n) is 3.04. The van der Waals surface area contributed by atoms with Crippen LogP contribution in [0.15, 0.2) is 54.0 Å². The van der Waals surface area contributed by atoms with Crippen LogP contribution in [-0.4, -0.2) is 19.8 Å². The van der Waals surface area contributed by atoms with Gasteiger partial charge in [-0.2, -0.15) is 0 Å². The van der Waals surface area contributed by atoms with Crippen molar-refractivity contribution in [2.45, 2.75) is 24.0 Å². The van der Waals surface area contributed by atoms with Gasteiger partial charge in [-0.05, 0) is 37.5 Å². The van der Waals surface area contributed by atoms with Crippen LogP contribution in [-0.2, 0) is 10.0 Å².